The van der Waals surface area contributed by atoms with Gasteiger partial charge < -0.3 is 4.74 Å². The van der Waals surface area contributed by atoms with E-state index in [1.54, 1.807) is 37.5 Å². The zero-order valence-electron chi connectivity index (χ0n) is 16.3. The van der Waals surface area contributed by atoms with Gasteiger partial charge in [0.1, 0.15) is 5.75 Å². The van der Waals surface area contributed by atoms with Gasteiger partial charge in [0.2, 0.25) is 0 Å². The van der Waals surface area contributed by atoms with E-state index in [1.165, 1.54) is 5.56 Å². The number of allylic oxidation sites excluding steroid dienone is 1. The lowest BCUT2D eigenvalue weighted by atomic mass is 10.1. The number of anilines is 1. The van der Waals surface area contributed by atoms with Crippen molar-refractivity contribution < 1.29 is 9.53 Å². The van der Waals surface area contributed by atoms with Gasteiger partial charge >= 0.3 is 0 Å². The number of carbonyl (C=O) groups excluding carboxylic acids is 1. The number of methoxy groups -OCH3 is 1. The largest absolute Gasteiger partial charge is 0.497 e. The molecule has 0 amide bonds. The Morgan fingerprint density at radius 3 is 2.38 bits per heavy atom. The second kappa shape index (κ2) is 8.57. The molecular weight excluding hydrogens is 360 g/mol. The number of rotatable bonds is 6. The van der Waals surface area contributed by atoms with Crippen LogP contribution < -0.4 is 9.75 Å². The molecule has 0 atom stereocenters. The minimum atomic E-state index is -0.0339. The summed E-state index contributed by atoms with van der Waals surface area (Å²) in [5.74, 6) is 0.703. The first-order valence-corrected chi connectivity index (χ1v) is 9.60. The van der Waals surface area contributed by atoms with Crippen LogP contribution in [0.25, 0.3) is 6.08 Å². The smallest absolute Gasteiger partial charge is 0.185 e. The summed E-state index contributed by atoms with van der Waals surface area (Å²) < 4.78 is 5.12. The predicted molar refractivity (Wildman–Crippen MR) is 118 cm³/mol. The molecule has 0 aromatic heterocycles. The van der Waals surface area contributed by atoms with E-state index in [4.69, 9.17) is 9.84 Å². The molecule has 0 N–H and O–H groups in total. The molecule has 144 valence electrons. The summed E-state index contributed by atoms with van der Waals surface area (Å²) in [5.41, 5.74) is 4.95. The fourth-order valence-electron chi connectivity index (χ4n) is 3.26. The van der Waals surface area contributed by atoms with E-state index in [0.29, 0.717) is 5.56 Å². The minimum absolute atomic E-state index is 0.0339. The molecule has 29 heavy (non-hydrogen) atoms. The van der Waals surface area contributed by atoms with Crippen molar-refractivity contribution in [2.75, 3.05) is 18.7 Å². The number of ether oxygens (including phenoxy) is 1. The average Bonchev–Trinajstić information content (AvgIpc) is 3.29. The highest BCUT2D eigenvalue weighted by molar-refractivity contribution is 6.07. The molecular formula is C25H22N2O2. The van der Waals surface area contributed by atoms with Gasteiger partial charge in [0, 0.05) is 18.5 Å². The van der Waals surface area contributed by atoms with Gasteiger partial charge in [-0.3, -0.25) is 9.80 Å². The number of benzene rings is 3. The van der Waals surface area contributed by atoms with Crippen LogP contribution in [0.4, 0.5) is 5.69 Å². The molecule has 1 aliphatic heterocycles. The molecule has 0 spiro atoms. The summed E-state index contributed by atoms with van der Waals surface area (Å²) in [6, 6.07) is 25.5. The van der Waals surface area contributed by atoms with Crippen LogP contribution in [0.2, 0.25) is 0 Å². The molecule has 0 unspecified atom stereocenters. The molecule has 0 aliphatic carbocycles. The van der Waals surface area contributed by atoms with Crippen LogP contribution in [0.5, 0.6) is 5.75 Å². The van der Waals surface area contributed by atoms with Crippen LogP contribution in [0.1, 0.15) is 27.9 Å². The van der Waals surface area contributed by atoms with E-state index >= 15 is 0 Å². The van der Waals surface area contributed by atoms with Crippen molar-refractivity contribution in [2.45, 2.75) is 6.42 Å². The molecule has 0 bridgehead atoms. The highest BCUT2D eigenvalue weighted by Crippen LogP contribution is 2.22. The van der Waals surface area contributed by atoms with Crippen molar-refractivity contribution in [1.29, 1.82) is 0 Å². The maximum atomic E-state index is 12.3. The van der Waals surface area contributed by atoms with Gasteiger partial charge in [0.05, 0.1) is 18.5 Å². The van der Waals surface area contributed by atoms with Crippen LogP contribution in [0.3, 0.4) is 0 Å². The first-order chi connectivity index (χ1) is 14.2. The third kappa shape index (κ3) is 4.43. The van der Waals surface area contributed by atoms with Gasteiger partial charge in [-0.1, -0.05) is 48.5 Å². The van der Waals surface area contributed by atoms with Crippen molar-refractivity contribution in [3.8, 4) is 5.75 Å². The first-order valence-electron chi connectivity index (χ1n) is 9.60. The summed E-state index contributed by atoms with van der Waals surface area (Å²) in [4.78, 5) is 12.3. The molecule has 1 heterocycles. The van der Waals surface area contributed by atoms with Crippen molar-refractivity contribution in [1.82, 2.24) is 0 Å². The summed E-state index contributed by atoms with van der Waals surface area (Å²) in [7, 11) is 1.61. The highest BCUT2D eigenvalue weighted by Gasteiger charge is 2.16. The van der Waals surface area contributed by atoms with Crippen LogP contribution in [-0.2, 0) is 0 Å². The Hall–Kier alpha value is -3.66. The monoisotopic (exact) mass is 382 g/mol. The van der Waals surface area contributed by atoms with Crippen LogP contribution in [-0.4, -0.2) is 25.1 Å². The number of nitrogens with zero attached hydrogens (tertiary/aromatic N) is 2. The summed E-state index contributed by atoms with van der Waals surface area (Å²) in [5, 5.41) is 6.78. The fourth-order valence-corrected chi connectivity index (χ4v) is 3.26. The van der Waals surface area contributed by atoms with Gasteiger partial charge in [-0.15, -0.1) is 0 Å². The molecule has 0 radical (unpaired) electrons. The number of hydrogen-bond donors (Lipinski definition) is 0. The van der Waals surface area contributed by atoms with Crippen molar-refractivity contribution in [3.63, 3.8) is 0 Å². The molecule has 3 aromatic carbocycles. The number of hydrogen-bond acceptors (Lipinski definition) is 4. The normalized spacial score (nSPS) is 13.6. The molecule has 4 rings (SSSR count). The van der Waals surface area contributed by atoms with Gasteiger partial charge in [0.15, 0.2) is 5.78 Å². The quantitative estimate of drug-likeness (QED) is 0.434. The van der Waals surface area contributed by atoms with E-state index < -0.39 is 0 Å². The minimum Gasteiger partial charge on any atom is -0.497 e. The van der Waals surface area contributed by atoms with E-state index in [9.17, 15) is 4.79 Å². The van der Waals surface area contributed by atoms with E-state index in [2.05, 4.69) is 12.1 Å². The lowest BCUT2D eigenvalue weighted by Crippen LogP contribution is -2.11. The first kappa shape index (κ1) is 18.7. The molecule has 4 nitrogen and oxygen atoms in total. The Labute approximate surface area is 170 Å². The Balaban J connectivity index is 1.42. The highest BCUT2D eigenvalue weighted by atomic mass is 16.5. The molecule has 1 aliphatic rings. The average molecular weight is 382 g/mol. The Morgan fingerprint density at radius 2 is 1.69 bits per heavy atom. The van der Waals surface area contributed by atoms with Gasteiger partial charge in [-0.2, -0.15) is 5.10 Å². The van der Waals surface area contributed by atoms with Gasteiger partial charge in [0.25, 0.3) is 0 Å². The van der Waals surface area contributed by atoms with Crippen LogP contribution in [0, 0.1) is 0 Å². The van der Waals surface area contributed by atoms with E-state index in [0.717, 1.165) is 35.7 Å². The van der Waals surface area contributed by atoms with Crippen molar-refractivity contribution >= 4 is 23.3 Å². The lowest BCUT2D eigenvalue weighted by molar-refractivity contribution is 0.104. The topological polar surface area (TPSA) is 41.9 Å². The van der Waals surface area contributed by atoms with Crippen molar-refractivity contribution in [2.24, 2.45) is 5.10 Å². The molecule has 0 saturated heterocycles. The standard InChI is InChI=1S/C25H22N2O2/c1-29-23-14-10-21(11-15-23)25(28)16-9-19-7-12-22(13-8-19)27-18-17-24(26-27)20-5-3-2-4-6-20/h2-16H,17-18H2,1H3/b16-9+. The Morgan fingerprint density at radius 1 is 0.966 bits per heavy atom. The van der Waals surface area contributed by atoms with E-state index in [-0.39, 0.29) is 5.78 Å². The zero-order valence-corrected chi connectivity index (χ0v) is 16.3. The molecule has 0 saturated carbocycles. The fraction of sp³-hybridized carbons (Fsp3) is 0.120. The molecule has 3 aromatic rings. The maximum absolute atomic E-state index is 12.3. The molecule has 0 fully saturated rings. The predicted octanol–water partition coefficient (Wildman–Crippen LogP) is 5.21. The van der Waals surface area contributed by atoms with Crippen LogP contribution >= 0.6 is 0 Å². The lowest BCUT2D eigenvalue weighted by Gasteiger charge is -2.13. The maximum Gasteiger partial charge on any atom is 0.185 e. The zero-order chi connectivity index (χ0) is 20.1. The number of hydrazone groups is 1. The summed E-state index contributed by atoms with van der Waals surface area (Å²) in [6.07, 6.45) is 4.36. The summed E-state index contributed by atoms with van der Waals surface area (Å²) in [6.45, 7) is 0.870. The second-order valence-electron chi connectivity index (χ2n) is 6.80. The number of ketones is 1. The third-order valence-electron chi connectivity index (χ3n) is 4.90. The second-order valence-corrected chi connectivity index (χ2v) is 6.80. The summed E-state index contributed by atoms with van der Waals surface area (Å²) >= 11 is 0. The SMILES string of the molecule is COc1ccc(C(=O)/C=C/c2ccc(N3CCC(c4ccccc4)=N3)cc2)cc1. The van der Waals surface area contributed by atoms with E-state index in [1.807, 2.05) is 53.5 Å². The number of carbonyl (C=O) groups is 1. The van der Waals surface area contributed by atoms with Gasteiger partial charge in [-0.05, 0) is 53.6 Å². The molecule has 4 heteroatoms. The van der Waals surface area contributed by atoms with Crippen molar-refractivity contribution in [3.05, 3.63) is 102 Å². The third-order valence-corrected chi connectivity index (χ3v) is 4.90. The van der Waals surface area contributed by atoms with Crippen LogP contribution in [0.15, 0.2) is 90.0 Å². The van der Waals surface area contributed by atoms with Gasteiger partial charge in [-0.25, -0.2) is 0 Å². The Bertz CT molecular complexity index is 1040. The Kier molecular flexibility index (Phi) is 5.52.